The fourth-order valence-corrected chi connectivity index (χ4v) is 3.83. The first-order valence-electron chi connectivity index (χ1n) is 9.32. The summed E-state index contributed by atoms with van der Waals surface area (Å²) in [6.45, 7) is 2.04. The molecule has 0 radical (unpaired) electrons. The molecule has 0 aromatic heterocycles. The van der Waals surface area contributed by atoms with E-state index in [4.69, 9.17) is 25.8 Å². The van der Waals surface area contributed by atoms with Crippen LogP contribution in [0.4, 0.5) is 0 Å². The van der Waals surface area contributed by atoms with Crippen molar-refractivity contribution in [2.75, 3.05) is 21.3 Å². The molecule has 0 saturated carbocycles. The number of methoxy groups -OCH3 is 3. The first-order valence-corrected chi connectivity index (χ1v) is 9.70. The van der Waals surface area contributed by atoms with Gasteiger partial charge in [0.05, 0.1) is 27.8 Å². The second-order valence-electron chi connectivity index (χ2n) is 6.88. The molecule has 3 atom stereocenters. The Morgan fingerprint density at radius 3 is 2.31 bits per heavy atom. The molecule has 8 heteroatoms. The van der Waals surface area contributed by atoms with Crippen molar-refractivity contribution in [2.45, 2.75) is 31.5 Å². The zero-order valence-electron chi connectivity index (χ0n) is 16.9. The highest BCUT2D eigenvalue weighted by atomic mass is 35.5. The Balaban J connectivity index is 1.83. The summed E-state index contributed by atoms with van der Waals surface area (Å²) in [6.07, 6.45) is -0.114. The van der Waals surface area contributed by atoms with E-state index in [1.165, 1.54) is 0 Å². The van der Waals surface area contributed by atoms with Gasteiger partial charge in [0.1, 0.15) is 6.17 Å². The minimum Gasteiger partial charge on any atom is -0.493 e. The molecule has 0 spiro atoms. The molecule has 0 aliphatic carbocycles. The largest absolute Gasteiger partial charge is 0.493 e. The van der Waals surface area contributed by atoms with Crippen molar-refractivity contribution in [3.8, 4) is 17.2 Å². The number of carbonyl (C=O) groups is 1. The average molecular weight is 420 g/mol. The van der Waals surface area contributed by atoms with E-state index < -0.39 is 0 Å². The van der Waals surface area contributed by atoms with Crippen LogP contribution in [-0.4, -0.2) is 39.4 Å². The topological polar surface area (TPSA) is 80.9 Å². The Bertz CT molecular complexity index is 852. The third-order valence-electron chi connectivity index (χ3n) is 5.06. The number of nitrogens with one attached hydrogen (secondary N) is 3. The quantitative estimate of drug-likeness (QED) is 0.640. The minimum atomic E-state index is -0.317. The van der Waals surface area contributed by atoms with Gasteiger partial charge in [-0.2, -0.15) is 0 Å². The lowest BCUT2D eigenvalue weighted by Crippen LogP contribution is -2.46. The highest BCUT2D eigenvalue weighted by Gasteiger charge is 2.36. The van der Waals surface area contributed by atoms with Crippen molar-refractivity contribution in [1.82, 2.24) is 16.2 Å². The standard InChI is InChI=1S/C21H26ClN3O4/c1-12-19(14-9-16(27-2)20(29-4)17(10-14)28-3)21(25-24-12)23-18(26)11-13-7-5-6-8-15(13)22/h5-10,12,19,21,24-25H,11H2,1-4H3,(H,23,26). The van der Waals surface area contributed by atoms with Gasteiger partial charge in [-0.3, -0.25) is 10.2 Å². The van der Waals surface area contributed by atoms with Gasteiger partial charge < -0.3 is 19.5 Å². The van der Waals surface area contributed by atoms with Crippen molar-refractivity contribution >= 4 is 17.5 Å². The molecule has 1 heterocycles. The molecule has 3 rings (SSSR count). The van der Waals surface area contributed by atoms with Crippen molar-refractivity contribution in [1.29, 1.82) is 0 Å². The fraction of sp³-hybridized carbons (Fsp3) is 0.381. The number of amides is 1. The van der Waals surface area contributed by atoms with Gasteiger partial charge in [0.15, 0.2) is 11.5 Å². The van der Waals surface area contributed by atoms with Crippen molar-refractivity contribution in [2.24, 2.45) is 0 Å². The molecule has 1 amide bonds. The van der Waals surface area contributed by atoms with Crippen LogP contribution in [0.2, 0.25) is 5.02 Å². The number of ether oxygens (including phenoxy) is 3. The van der Waals surface area contributed by atoms with Gasteiger partial charge >= 0.3 is 0 Å². The Morgan fingerprint density at radius 1 is 1.07 bits per heavy atom. The lowest BCUT2D eigenvalue weighted by Gasteiger charge is -2.24. The van der Waals surface area contributed by atoms with E-state index in [9.17, 15) is 4.79 Å². The Morgan fingerprint density at radius 2 is 1.72 bits per heavy atom. The molecule has 1 aliphatic rings. The van der Waals surface area contributed by atoms with Crippen molar-refractivity contribution in [3.63, 3.8) is 0 Å². The van der Waals surface area contributed by atoms with Crippen LogP contribution in [0.5, 0.6) is 17.2 Å². The zero-order chi connectivity index (χ0) is 21.0. The molecule has 29 heavy (non-hydrogen) atoms. The molecule has 156 valence electrons. The number of hydrazine groups is 1. The maximum absolute atomic E-state index is 12.6. The van der Waals surface area contributed by atoms with E-state index in [1.54, 1.807) is 27.4 Å². The van der Waals surface area contributed by atoms with Gasteiger partial charge in [0.2, 0.25) is 11.7 Å². The normalized spacial score (nSPS) is 20.9. The van der Waals surface area contributed by atoms with Crippen molar-refractivity contribution in [3.05, 3.63) is 52.5 Å². The maximum Gasteiger partial charge on any atom is 0.225 e. The summed E-state index contributed by atoms with van der Waals surface area (Å²) in [5.41, 5.74) is 8.10. The van der Waals surface area contributed by atoms with Crippen LogP contribution < -0.4 is 30.4 Å². The molecule has 3 N–H and O–H groups in total. The predicted molar refractivity (Wildman–Crippen MR) is 112 cm³/mol. The Kier molecular flexibility index (Phi) is 6.84. The molecular weight excluding hydrogens is 394 g/mol. The van der Waals surface area contributed by atoms with Crippen LogP contribution in [0.25, 0.3) is 0 Å². The van der Waals surface area contributed by atoms with Crippen LogP contribution in [0.1, 0.15) is 24.0 Å². The summed E-state index contributed by atoms with van der Waals surface area (Å²) in [5, 5.41) is 3.63. The summed E-state index contributed by atoms with van der Waals surface area (Å²) >= 11 is 6.18. The van der Waals surface area contributed by atoms with Gasteiger partial charge in [-0.15, -0.1) is 0 Å². The highest BCUT2D eigenvalue weighted by Crippen LogP contribution is 2.41. The van der Waals surface area contributed by atoms with Gasteiger partial charge in [-0.25, -0.2) is 5.43 Å². The summed E-state index contributed by atoms with van der Waals surface area (Å²) in [5.74, 6) is 1.50. The number of carbonyl (C=O) groups excluding carboxylic acids is 1. The monoisotopic (exact) mass is 419 g/mol. The maximum atomic E-state index is 12.6. The fourth-order valence-electron chi connectivity index (χ4n) is 3.63. The summed E-state index contributed by atoms with van der Waals surface area (Å²) in [6, 6.07) is 11.2. The minimum absolute atomic E-state index is 0.0566. The van der Waals surface area contributed by atoms with Crippen LogP contribution in [0.3, 0.4) is 0 Å². The first-order chi connectivity index (χ1) is 14.0. The molecule has 2 aromatic rings. The summed E-state index contributed by atoms with van der Waals surface area (Å²) in [7, 11) is 4.73. The van der Waals surface area contributed by atoms with Crippen LogP contribution >= 0.6 is 11.6 Å². The third kappa shape index (κ3) is 4.58. The van der Waals surface area contributed by atoms with E-state index in [2.05, 4.69) is 16.2 Å². The number of rotatable bonds is 7. The molecule has 0 bridgehead atoms. The van der Waals surface area contributed by atoms with Gasteiger partial charge in [0, 0.05) is 17.0 Å². The van der Waals surface area contributed by atoms with Gasteiger partial charge in [-0.1, -0.05) is 29.8 Å². The number of hydrogen-bond donors (Lipinski definition) is 3. The molecule has 2 aromatic carbocycles. The smallest absolute Gasteiger partial charge is 0.225 e. The zero-order valence-corrected chi connectivity index (χ0v) is 17.7. The van der Waals surface area contributed by atoms with E-state index >= 15 is 0 Å². The molecular formula is C21H26ClN3O4. The van der Waals surface area contributed by atoms with Crippen LogP contribution in [-0.2, 0) is 11.2 Å². The first kappa shape index (κ1) is 21.2. The van der Waals surface area contributed by atoms with E-state index in [0.717, 1.165) is 11.1 Å². The van der Waals surface area contributed by atoms with Crippen LogP contribution in [0.15, 0.2) is 36.4 Å². The lowest BCUT2D eigenvalue weighted by molar-refractivity contribution is -0.121. The number of benzene rings is 2. The van der Waals surface area contributed by atoms with Gasteiger partial charge in [-0.05, 0) is 36.2 Å². The second-order valence-corrected chi connectivity index (χ2v) is 7.28. The molecule has 1 fully saturated rings. The molecule has 1 aliphatic heterocycles. The SMILES string of the molecule is COc1cc(C2C(C)NNC2NC(=O)Cc2ccccc2Cl)cc(OC)c1OC. The van der Waals surface area contributed by atoms with E-state index in [1.807, 2.05) is 37.3 Å². The summed E-state index contributed by atoms with van der Waals surface area (Å²) < 4.78 is 16.4. The number of halogens is 1. The summed E-state index contributed by atoms with van der Waals surface area (Å²) in [4.78, 5) is 12.6. The highest BCUT2D eigenvalue weighted by molar-refractivity contribution is 6.31. The lowest BCUT2D eigenvalue weighted by atomic mass is 9.90. The molecule has 3 unspecified atom stereocenters. The number of hydrogen-bond acceptors (Lipinski definition) is 6. The molecule has 1 saturated heterocycles. The second kappa shape index (κ2) is 9.35. The van der Waals surface area contributed by atoms with Gasteiger partial charge in [0.25, 0.3) is 0 Å². The predicted octanol–water partition coefficient (Wildman–Crippen LogP) is 2.63. The van der Waals surface area contributed by atoms with E-state index in [0.29, 0.717) is 22.3 Å². The Labute approximate surface area is 175 Å². The molecule has 7 nitrogen and oxygen atoms in total. The Hall–Kier alpha value is -2.48. The van der Waals surface area contributed by atoms with Crippen molar-refractivity contribution < 1.29 is 19.0 Å². The van der Waals surface area contributed by atoms with E-state index in [-0.39, 0.29) is 30.5 Å². The third-order valence-corrected chi connectivity index (χ3v) is 5.43. The van der Waals surface area contributed by atoms with Crippen LogP contribution in [0, 0.1) is 0 Å². The average Bonchev–Trinajstić information content (AvgIpc) is 3.08.